The lowest BCUT2D eigenvalue weighted by Crippen LogP contribution is -2.09. The number of ether oxygens (including phenoxy) is 1. The minimum absolute atomic E-state index is 0.378. The van der Waals surface area contributed by atoms with Crippen LogP contribution in [0.4, 0.5) is 11.5 Å². The topological polar surface area (TPSA) is 115 Å². The van der Waals surface area contributed by atoms with E-state index in [9.17, 15) is 0 Å². The number of aromatic nitrogens is 5. The Balaban J connectivity index is 1.83. The second kappa shape index (κ2) is 5.80. The summed E-state index contributed by atoms with van der Waals surface area (Å²) >= 11 is 0. The van der Waals surface area contributed by atoms with Crippen LogP contribution in [0.5, 0.6) is 5.88 Å². The Morgan fingerprint density at radius 1 is 1.33 bits per heavy atom. The molecule has 0 atom stereocenters. The lowest BCUT2D eigenvalue weighted by Gasteiger charge is -2.09. The van der Waals surface area contributed by atoms with E-state index >= 15 is 0 Å². The van der Waals surface area contributed by atoms with Gasteiger partial charge in [0.15, 0.2) is 5.82 Å². The normalized spacial score (nSPS) is 10.3. The molecule has 0 amide bonds. The quantitative estimate of drug-likeness (QED) is 0.628. The second-order valence-electron chi connectivity index (χ2n) is 3.61. The zero-order chi connectivity index (χ0) is 12.8. The first kappa shape index (κ1) is 12.1. The van der Waals surface area contributed by atoms with Gasteiger partial charge in [0.2, 0.25) is 5.88 Å². The number of aryl methyl sites for hydroxylation is 1. The lowest BCUT2D eigenvalue weighted by atomic mass is 10.3. The van der Waals surface area contributed by atoms with Gasteiger partial charge in [-0.2, -0.15) is 10.1 Å². The fourth-order valence-electron chi connectivity index (χ4n) is 1.50. The van der Waals surface area contributed by atoms with E-state index in [-0.39, 0.29) is 0 Å². The van der Waals surface area contributed by atoms with Gasteiger partial charge in [-0.25, -0.2) is 9.97 Å². The smallest absolute Gasteiger partial charge is 0.242 e. The molecule has 2 aromatic rings. The average Bonchev–Trinajstić information content (AvgIpc) is 2.89. The van der Waals surface area contributed by atoms with E-state index in [0.717, 1.165) is 25.2 Å². The van der Waals surface area contributed by atoms with E-state index in [2.05, 4.69) is 30.5 Å². The average molecular weight is 249 g/mol. The maximum Gasteiger partial charge on any atom is 0.242 e. The van der Waals surface area contributed by atoms with Crippen molar-refractivity contribution in [2.75, 3.05) is 24.7 Å². The first-order valence-electron chi connectivity index (χ1n) is 5.54. The van der Waals surface area contributed by atoms with Gasteiger partial charge in [-0.1, -0.05) is 0 Å². The molecule has 8 nitrogen and oxygen atoms in total. The Morgan fingerprint density at radius 2 is 2.22 bits per heavy atom. The van der Waals surface area contributed by atoms with Crippen molar-refractivity contribution in [3.05, 3.63) is 18.5 Å². The van der Waals surface area contributed by atoms with E-state index < -0.39 is 0 Å². The summed E-state index contributed by atoms with van der Waals surface area (Å²) in [6.07, 6.45) is 4.61. The fraction of sp³-hybridized carbons (Fsp3) is 0.400. The van der Waals surface area contributed by atoms with Crippen molar-refractivity contribution in [1.29, 1.82) is 0 Å². The summed E-state index contributed by atoms with van der Waals surface area (Å²) in [5, 5.41) is 9.72. The van der Waals surface area contributed by atoms with Gasteiger partial charge in [-0.3, -0.25) is 5.10 Å². The number of nitrogens with two attached hydrogens (primary N) is 1. The van der Waals surface area contributed by atoms with E-state index in [1.54, 1.807) is 0 Å². The Bertz CT molecular complexity index is 485. The van der Waals surface area contributed by atoms with Crippen molar-refractivity contribution in [2.45, 2.75) is 12.8 Å². The molecule has 0 aliphatic rings. The summed E-state index contributed by atoms with van der Waals surface area (Å²) in [5.74, 6) is 1.83. The summed E-state index contributed by atoms with van der Waals surface area (Å²) in [4.78, 5) is 12.0. The maximum absolute atomic E-state index is 5.83. The molecule has 0 bridgehead atoms. The molecular weight excluding hydrogens is 234 g/mol. The molecule has 18 heavy (non-hydrogen) atoms. The maximum atomic E-state index is 5.83. The van der Waals surface area contributed by atoms with Crippen molar-refractivity contribution in [2.24, 2.45) is 0 Å². The van der Waals surface area contributed by atoms with Gasteiger partial charge in [-0.15, -0.1) is 0 Å². The molecule has 0 spiro atoms. The highest BCUT2D eigenvalue weighted by molar-refractivity contribution is 5.66. The fourth-order valence-corrected chi connectivity index (χ4v) is 1.50. The van der Waals surface area contributed by atoms with Gasteiger partial charge in [-0.05, 0) is 6.42 Å². The Labute approximate surface area is 104 Å². The van der Waals surface area contributed by atoms with E-state index in [1.165, 1.54) is 19.8 Å². The third-order valence-electron chi connectivity index (χ3n) is 2.39. The number of aromatic amines is 1. The zero-order valence-electron chi connectivity index (χ0n) is 10.1. The third-order valence-corrected chi connectivity index (χ3v) is 2.39. The van der Waals surface area contributed by atoms with Crippen molar-refractivity contribution in [3.63, 3.8) is 0 Å². The molecule has 2 heterocycles. The number of rotatable bonds is 6. The number of anilines is 2. The number of nitrogens with one attached hydrogen (secondary N) is 2. The first-order chi connectivity index (χ1) is 8.81. The van der Waals surface area contributed by atoms with Crippen LogP contribution >= 0.6 is 0 Å². The van der Waals surface area contributed by atoms with Crippen LogP contribution in [0, 0.1) is 0 Å². The van der Waals surface area contributed by atoms with Crippen LogP contribution in [-0.4, -0.2) is 38.8 Å². The van der Waals surface area contributed by atoms with E-state index in [0.29, 0.717) is 17.4 Å². The summed E-state index contributed by atoms with van der Waals surface area (Å²) < 4.78 is 5.01. The van der Waals surface area contributed by atoms with Crippen molar-refractivity contribution >= 4 is 11.5 Å². The molecule has 2 aromatic heterocycles. The van der Waals surface area contributed by atoms with Crippen LogP contribution in [-0.2, 0) is 6.42 Å². The lowest BCUT2D eigenvalue weighted by molar-refractivity contribution is 0.399. The minimum atomic E-state index is 0.378. The molecule has 0 aromatic carbocycles. The van der Waals surface area contributed by atoms with Gasteiger partial charge in [0, 0.05) is 13.0 Å². The zero-order valence-corrected chi connectivity index (χ0v) is 10.1. The first-order valence-corrected chi connectivity index (χ1v) is 5.54. The highest BCUT2D eigenvalue weighted by Gasteiger charge is 2.07. The van der Waals surface area contributed by atoms with Crippen LogP contribution in [0.3, 0.4) is 0 Å². The summed E-state index contributed by atoms with van der Waals surface area (Å²) in [5.41, 5.74) is 6.25. The molecule has 0 aliphatic carbocycles. The van der Waals surface area contributed by atoms with Crippen molar-refractivity contribution in [3.8, 4) is 5.88 Å². The Morgan fingerprint density at radius 3 is 2.94 bits per heavy atom. The molecule has 0 radical (unpaired) electrons. The molecule has 0 unspecified atom stereocenters. The number of H-pyrrole nitrogens is 1. The molecule has 96 valence electrons. The highest BCUT2D eigenvalue weighted by atomic mass is 16.5. The standard InChI is InChI=1S/C10H15N7O/c1-18-10-8(11)9(14-5-15-10)12-4-2-3-7-13-6-16-17-7/h5-6H,2-4,11H2,1H3,(H,12,14,15)(H,13,16,17). The van der Waals surface area contributed by atoms with Crippen molar-refractivity contribution in [1.82, 2.24) is 25.1 Å². The predicted molar refractivity (Wildman–Crippen MR) is 66.2 cm³/mol. The Hall–Kier alpha value is -2.38. The molecule has 8 heteroatoms. The molecule has 2 rings (SSSR count). The number of hydrogen-bond donors (Lipinski definition) is 3. The van der Waals surface area contributed by atoms with E-state index in [4.69, 9.17) is 10.5 Å². The van der Waals surface area contributed by atoms with Crippen LogP contribution in [0.25, 0.3) is 0 Å². The predicted octanol–water partition coefficient (Wildman–Crippen LogP) is 0.230. The molecule has 0 fully saturated rings. The summed E-state index contributed by atoms with van der Waals surface area (Å²) in [6.45, 7) is 0.727. The molecule has 4 N–H and O–H groups in total. The van der Waals surface area contributed by atoms with Crippen molar-refractivity contribution < 1.29 is 4.74 Å². The summed E-state index contributed by atoms with van der Waals surface area (Å²) in [6, 6.07) is 0. The number of nitrogens with zero attached hydrogens (tertiary/aromatic N) is 4. The molecule has 0 saturated heterocycles. The highest BCUT2D eigenvalue weighted by Crippen LogP contribution is 2.23. The number of hydrogen-bond acceptors (Lipinski definition) is 7. The van der Waals surface area contributed by atoms with Crippen LogP contribution in [0.15, 0.2) is 12.7 Å². The van der Waals surface area contributed by atoms with Crippen LogP contribution in [0.2, 0.25) is 0 Å². The minimum Gasteiger partial charge on any atom is -0.479 e. The van der Waals surface area contributed by atoms with Gasteiger partial charge < -0.3 is 15.8 Å². The largest absolute Gasteiger partial charge is 0.479 e. The SMILES string of the molecule is COc1ncnc(NCCCc2ncn[nH]2)c1N. The van der Waals surface area contributed by atoms with Gasteiger partial charge in [0.1, 0.15) is 24.2 Å². The Kier molecular flexibility index (Phi) is 3.90. The third kappa shape index (κ3) is 2.84. The van der Waals surface area contributed by atoms with Gasteiger partial charge >= 0.3 is 0 Å². The van der Waals surface area contributed by atoms with E-state index in [1.807, 2.05) is 0 Å². The van der Waals surface area contributed by atoms with Crippen LogP contribution < -0.4 is 15.8 Å². The molecular formula is C10H15N7O. The number of methoxy groups -OCH3 is 1. The van der Waals surface area contributed by atoms with Crippen LogP contribution in [0.1, 0.15) is 12.2 Å². The molecule has 0 saturated carbocycles. The monoisotopic (exact) mass is 249 g/mol. The molecule has 0 aliphatic heterocycles. The summed E-state index contributed by atoms with van der Waals surface area (Å²) in [7, 11) is 1.52. The van der Waals surface area contributed by atoms with Gasteiger partial charge in [0.05, 0.1) is 7.11 Å². The second-order valence-corrected chi connectivity index (χ2v) is 3.61. The van der Waals surface area contributed by atoms with Gasteiger partial charge in [0.25, 0.3) is 0 Å². The number of nitrogen functional groups attached to an aromatic ring is 1.